The molecule has 2 heterocycles. The molecule has 0 bridgehead atoms. The summed E-state index contributed by atoms with van der Waals surface area (Å²) in [7, 11) is 0. The van der Waals surface area contributed by atoms with Crippen LogP contribution in [0.4, 0.5) is 0 Å². The topological polar surface area (TPSA) is 50.9 Å². The maximum atomic E-state index is 12.6. The number of aryl methyl sites for hydroxylation is 1. The molecule has 0 saturated heterocycles. The average Bonchev–Trinajstić information content (AvgIpc) is 3.78. The molecule has 10 aromatic rings. The van der Waals surface area contributed by atoms with Crippen molar-refractivity contribution >= 4 is 11.0 Å². The van der Waals surface area contributed by atoms with Gasteiger partial charge in [-0.25, -0.2) is 4.98 Å². The van der Waals surface area contributed by atoms with Gasteiger partial charge in [-0.2, -0.15) is 0 Å². The molecule has 0 aliphatic rings. The number of aromatic nitrogens is 3. The van der Waals surface area contributed by atoms with E-state index in [0.29, 0.717) is 22.5 Å². The van der Waals surface area contributed by atoms with Crippen molar-refractivity contribution in [3.8, 4) is 89.7 Å². The number of pyridine rings is 1. The fourth-order valence-corrected chi connectivity index (χ4v) is 9.41. The third-order valence-electron chi connectivity index (χ3n) is 13.3. The molecule has 70 heavy (non-hydrogen) atoms. The van der Waals surface area contributed by atoms with Crippen molar-refractivity contribution in [1.82, 2.24) is 14.5 Å². The minimum Gasteiger partial charge on any atom is -0.507 e. The van der Waals surface area contributed by atoms with E-state index in [1.165, 1.54) is 0 Å². The minimum atomic E-state index is -2.44. The van der Waals surface area contributed by atoms with Gasteiger partial charge in [-0.15, -0.1) is 23.8 Å². The number of rotatable bonds is 10. The molecule has 0 unspecified atom stereocenters. The Labute approximate surface area is 432 Å². The van der Waals surface area contributed by atoms with E-state index >= 15 is 0 Å². The second kappa shape index (κ2) is 19.7. The summed E-state index contributed by atoms with van der Waals surface area (Å²) >= 11 is 0. The van der Waals surface area contributed by atoms with Crippen LogP contribution >= 0.6 is 0 Å². The molecule has 0 radical (unpaired) electrons. The Kier molecular flexibility index (Phi) is 12.4. The number of para-hydroxylation sites is 1. The van der Waals surface area contributed by atoms with Crippen molar-refractivity contribution in [3.05, 3.63) is 217 Å². The Morgan fingerprint density at radius 2 is 1.19 bits per heavy atom. The monoisotopic (exact) mass is 1090 g/mol. The molecule has 4 nitrogen and oxygen atoms in total. The van der Waals surface area contributed by atoms with Gasteiger partial charge in [0.15, 0.2) is 0 Å². The average molecular weight is 1100 g/mol. The van der Waals surface area contributed by atoms with E-state index in [1.807, 2.05) is 97.2 Å². The number of hydrogen-bond donors (Lipinski definition) is 1. The molecule has 5 heteroatoms. The third-order valence-corrected chi connectivity index (χ3v) is 13.3. The van der Waals surface area contributed by atoms with Gasteiger partial charge in [0.25, 0.3) is 0 Å². The normalized spacial score (nSPS) is 12.4. The van der Waals surface area contributed by atoms with E-state index in [4.69, 9.17) is 14.1 Å². The van der Waals surface area contributed by atoms with Crippen LogP contribution in [0.2, 0.25) is 0 Å². The quantitative estimate of drug-likeness (QED) is 0.139. The van der Waals surface area contributed by atoms with Crippen molar-refractivity contribution in [2.75, 3.05) is 0 Å². The van der Waals surface area contributed by atoms with Crippen molar-refractivity contribution in [2.45, 2.75) is 72.6 Å². The van der Waals surface area contributed by atoms with Crippen LogP contribution in [0.3, 0.4) is 0 Å². The van der Waals surface area contributed by atoms with Crippen LogP contribution in [0, 0.1) is 12.9 Å². The summed E-state index contributed by atoms with van der Waals surface area (Å²) in [5.74, 6) is 0.858. The molecule has 0 saturated carbocycles. The number of imidazole rings is 1. The number of benzene rings is 8. The molecule has 10 rings (SSSR count). The van der Waals surface area contributed by atoms with Gasteiger partial charge in [0, 0.05) is 42.6 Å². The summed E-state index contributed by atoms with van der Waals surface area (Å²) in [5, 5.41) is 12.6. The van der Waals surface area contributed by atoms with Gasteiger partial charge in [0.1, 0.15) is 11.6 Å². The molecule has 1 N–H and O–H groups in total. The van der Waals surface area contributed by atoms with E-state index in [2.05, 4.69) is 150 Å². The third kappa shape index (κ3) is 9.34. The number of hydrogen-bond acceptors (Lipinski definition) is 3. The van der Waals surface area contributed by atoms with Gasteiger partial charge in [-0.3, -0.25) is 9.55 Å². The number of aromatic hydroxyl groups is 1. The van der Waals surface area contributed by atoms with E-state index in [-0.39, 0.29) is 49.6 Å². The van der Waals surface area contributed by atoms with E-state index in [1.54, 1.807) is 0 Å². The van der Waals surface area contributed by atoms with Gasteiger partial charge < -0.3 is 5.11 Å². The first-order chi connectivity index (χ1) is 34.5. The summed E-state index contributed by atoms with van der Waals surface area (Å²) in [6.07, 6.45) is 1.85. The Bertz CT molecular complexity index is 3600. The number of phenolic OH excluding ortho intramolecular Hbond substituents is 1. The van der Waals surface area contributed by atoms with Crippen LogP contribution in [0.1, 0.15) is 86.7 Å². The second-order valence-corrected chi connectivity index (χ2v) is 19.7. The molecule has 8 aromatic carbocycles. The Hall–Kier alpha value is -7.13. The second-order valence-electron chi connectivity index (χ2n) is 19.7. The zero-order chi connectivity index (χ0) is 50.5. The summed E-state index contributed by atoms with van der Waals surface area (Å²) in [5.41, 5.74) is 16.4. The van der Waals surface area contributed by atoms with Crippen LogP contribution in [0.15, 0.2) is 188 Å². The van der Waals surface area contributed by atoms with E-state index in [9.17, 15) is 5.11 Å². The van der Waals surface area contributed by atoms with Gasteiger partial charge in [-0.1, -0.05) is 205 Å². The zero-order valence-corrected chi connectivity index (χ0v) is 42.9. The number of fused-ring (bicyclic) bond motifs is 1. The fourth-order valence-electron chi connectivity index (χ4n) is 9.41. The number of phenols is 1. The van der Waals surface area contributed by atoms with Crippen molar-refractivity contribution < 1.29 is 30.3 Å². The molecule has 2 aromatic heterocycles. The first-order valence-electron chi connectivity index (χ1n) is 25.4. The molecule has 0 aliphatic heterocycles. The predicted molar refractivity (Wildman–Crippen MR) is 289 cm³/mol. The largest absolute Gasteiger partial charge is 0.507 e. The van der Waals surface area contributed by atoms with Crippen molar-refractivity contribution in [3.63, 3.8) is 0 Å². The van der Waals surface area contributed by atoms with Crippen LogP contribution in [0.5, 0.6) is 5.75 Å². The summed E-state index contributed by atoms with van der Waals surface area (Å²) in [6.45, 7) is 12.6. The first kappa shape index (κ1) is 44.1. The summed E-state index contributed by atoms with van der Waals surface area (Å²) in [6, 6.07) is 65.4. The molecule has 0 spiro atoms. The molecule has 0 aliphatic carbocycles. The smallest absolute Gasteiger partial charge is 0.148 e. The maximum Gasteiger partial charge on any atom is 0.148 e. The van der Waals surface area contributed by atoms with Gasteiger partial charge in [0.2, 0.25) is 0 Å². The minimum absolute atomic E-state index is 0. The van der Waals surface area contributed by atoms with Gasteiger partial charge in [-0.05, 0) is 110 Å². The van der Waals surface area contributed by atoms with Crippen LogP contribution in [-0.2, 0) is 26.5 Å². The van der Waals surface area contributed by atoms with Crippen molar-refractivity contribution in [2.24, 2.45) is 0 Å². The van der Waals surface area contributed by atoms with E-state index in [0.717, 1.165) is 89.2 Å². The molecule has 350 valence electrons. The fraction of sp³-hybridized carbons (Fsp3) is 0.169. The molecular weight excluding hydrogens is 1030 g/mol. The van der Waals surface area contributed by atoms with Gasteiger partial charge in [0.05, 0.1) is 22.3 Å². The Morgan fingerprint density at radius 1 is 0.557 bits per heavy atom. The summed E-state index contributed by atoms with van der Waals surface area (Å²) < 4.78 is 29.0. The van der Waals surface area contributed by atoms with Gasteiger partial charge >= 0.3 is 0 Å². The molecule has 0 fully saturated rings. The molecule has 0 atom stereocenters. The van der Waals surface area contributed by atoms with Crippen molar-refractivity contribution in [1.29, 1.82) is 0 Å². The standard InChI is InChI=1S/C65H58N3O.Pt/c1-41(2)49-37-55(42(3)4)63(69)58(38-49)64-67-62-54(51-34-50(45-21-14-10-15-22-45)35-52(36-51)59-39-48(31-32-66-59)44-19-12-9-13-20-44)25-18-26-60(62)68(64)61-40-56(46-23-16-11-17-24-46)43(5)33-57(61)47-27-29-53(30-28-47)65(6,7)8;/h9-35,37-42,69H,1-8H3;/q-1;/i5D3;. The van der Waals surface area contributed by atoms with Crippen LogP contribution in [-0.4, -0.2) is 19.6 Å². The molecule has 0 amide bonds. The van der Waals surface area contributed by atoms with Crippen LogP contribution in [0.25, 0.3) is 95.0 Å². The zero-order valence-electron chi connectivity index (χ0n) is 43.7. The maximum absolute atomic E-state index is 12.6. The summed E-state index contributed by atoms with van der Waals surface area (Å²) in [4.78, 5) is 10.6. The molecular formula is C65H58N3OPt-. The Morgan fingerprint density at radius 3 is 1.81 bits per heavy atom. The van der Waals surface area contributed by atoms with Crippen LogP contribution < -0.4 is 0 Å². The SMILES string of the molecule is [2H]C([2H])([2H])c1cc(-c2ccc(C(C)(C)C)cc2)c(-n2c(-c3cc(C(C)C)cc(C(C)C)c3O)nc3c(-c4[c-]c(-c5cc(-c6ccccc6)ccn5)cc(-c5ccccc5)c4)cccc32)cc1-c1ccccc1.[Pt]. The van der Waals surface area contributed by atoms with E-state index < -0.39 is 6.85 Å². The first-order valence-corrected chi connectivity index (χ1v) is 23.9. The Balaban J connectivity index is 0.00000656. The number of nitrogens with zero attached hydrogens (tertiary/aromatic N) is 3. The predicted octanol–water partition coefficient (Wildman–Crippen LogP) is 17.4.